The van der Waals surface area contributed by atoms with E-state index in [9.17, 15) is 14.9 Å². The lowest BCUT2D eigenvalue weighted by Crippen LogP contribution is -2.32. The van der Waals surface area contributed by atoms with Crippen molar-refractivity contribution in [2.24, 2.45) is 5.92 Å². The minimum absolute atomic E-state index is 0.0505. The topological polar surface area (TPSA) is 75.5 Å². The smallest absolute Gasteiger partial charge is 0.288 e. The molecular weight excluding hydrogens is 413 g/mol. The predicted octanol–water partition coefficient (Wildman–Crippen LogP) is 5.79. The number of piperidine rings is 1. The van der Waals surface area contributed by atoms with Crippen LogP contribution in [0.15, 0.2) is 42.5 Å². The monoisotopic (exact) mass is 433 g/mol. The second-order valence-electron chi connectivity index (χ2n) is 7.13. The molecule has 1 N–H and O–H groups in total. The normalized spacial score (nSPS) is 14.9. The Hall–Kier alpha value is -2.57. The molecule has 29 heavy (non-hydrogen) atoms. The van der Waals surface area contributed by atoms with Crippen LogP contribution in [0.4, 0.5) is 17.1 Å². The van der Waals surface area contributed by atoms with Crippen LogP contribution in [0.2, 0.25) is 10.0 Å². The van der Waals surface area contributed by atoms with Crippen LogP contribution in [0, 0.1) is 16.0 Å². The molecule has 3 rings (SSSR count). The molecular formula is C21H21Cl2N3O3. The van der Waals surface area contributed by atoms with Crippen molar-refractivity contribution in [2.75, 3.05) is 23.3 Å². The van der Waals surface area contributed by atoms with Crippen molar-refractivity contribution in [1.82, 2.24) is 0 Å². The molecule has 2 aromatic rings. The van der Waals surface area contributed by atoms with Crippen LogP contribution >= 0.6 is 23.2 Å². The Labute approximate surface area is 179 Å². The van der Waals surface area contributed by atoms with Crippen LogP contribution in [-0.2, 0) is 4.79 Å². The fourth-order valence-electron chi connectivity index (χ4n) is 3.22. The molecule has 0 saturated carbocycles. The van der Waals surface area contributed by atoms with E-state index in [-0.39, 0.29) is 16.6 Å². The maximum atomic E-state index is 12.2. The molecule has 0 bridgehead atoms. The predicted molar refractivity (Wildman–Crippen MR) is 118 cm³/mol. The van der Waals surface area contributed by atoms with Gasteiger partial charge in [-0.25, -0.2) is 0 Å². The SMILES string of the molecule is CC1CCN(c2ccc(NC(=O)/C=C/c3ccc(Cl)c([N+](=O)[O-])c3)cc2Cl)CC1. The molecule has 1 saturated heterocycles. The van der Waals surface area contributed by atoms with E-state index in [0.29, 0.717) is 16.3 Å². The van der Waals surface area contributed by atoms with Gasteiger partial charge < -0.3 is 10.2 Å². The van der Waals surface area contributed by atoms with E-state index in [1.807, 2.05) is 12.1 Å². The number of carbonyl (C=O) groups excluding carboxylic acids is 1. The number of nitro benzene ring substituents is 1. The number of halogens is 2. The molecule has 8 heteroatoms. The minimum Gasteiger partial charge on any atom is -0.370 e. The van der Waals surface area contributed by atoms with Gasteiger partial charge in [-0.2, -0.15) is 0 Å². The van der Waals surface area contributed by atoms with E-state index in [1.54, 1.807) is 12.1 Å². The van der Waals surface area contributed by atoms with Crippen molar-refractivity contribution >= 4 is 52.2 Å². The number of hydrogen-bond acceptors (Lipinski definition) is 4. The Morgan fingerprint density at radius 2 is 1.90 bits per heavy atom. The highest BCUT2D eigenvalue weighted by Crippen LogP contribution is 2.32. The van der Waals surface area contributed by atoms with Crippen LogP contribution in [0.1, 0.15) is 25.3 Å². The first kappa shape index (κ1) is 21.1. The lowest BCUT2D eigenvalue weighted by molar-refractivity contribution is -0.384. The average Bonchev–Trinajstić information content (AvgIpc) is 2.68. The summed E-state index contributed by atoms with van der Waals surface area (Å²) in [5.74, 6) is 0.371. The molecule has 1 amide bonds. The zero-order chi connectivity index (χ0) is 21.0. The number of rotatable bonds is 5. The number of anilines is 2. The third-order valence-electron chi connectivity index (χ3n) is 4.93. The first-order chi connectivity index (χ1) is 13.8. The fraction of sp³-hybridized carbons (Fsp3) is 0.286. The van der Waals surface area contributed by atoms with Gasteiger partial charge in [0.1, 0.15) is 5.02 Å². The van der Waals surface area contributed by atoms with E-state index in [2.05, 4.69) is 17.1 Å². The van der Waals surface area contributed by atoms with Crippen molar-refractivity contribution in [3.05, 3.63) is 68.2 Å². The summed E-state index contributed by atoms with van der Waals surface area (Å²) in [6.45, 7) is 4.21. The highest BCUT2D eigenvalue weighted by atomic mass is 35.5. The van der Waals surface area contributed by atoms with E-state index in [4.69, 9.17) is 23.2 Å². The number of nitrogens with one attached hydrogen (secondary N) is 1. The highest BCUT2D eigenvalue weighted by Gasteiger charge is 2.18. The zero-order valence-corrected chi connectivity index (χ0v) is 17.4. The largest absolute Gasteiger partial charge is 0.370 e. The standard InChI is InChI=1S/C21H21Cl2N3O3/c1-14-8-10-25(11-9-14)19-6-4-16(13-18(19)23)24-21(27)7-3-15-2-5-17(22)20(12-15)26(28)29/h2-7,12-14H,8-11H2,1H3,(H,24,27)/b7-3+. The van der Waals surface area contributed by atoms with Gasteiger partial charge in [0, 0.05) is 30.9 Å². The Balaban J connectivity index is 1.65. The summed E-state index contributed by atoms with van der Waals surface area (Å²) in [6.07, 6.45) is 5.08. The van der Waals surface area contributed by atoms with Crippen molar-refractivity contribution in [1.29, 1.82) is 0 Å². The summed E-state index contributed by atoms with van der Waals surface area (Å²) in [5.41, 5.74) is 1.86. The first-order valence-corrected chi connectivity index (χ1v) is 10.1. The van der Waals surface area contributed by atoms with E-state index in [1.165, 1.54) is 24.3 Å². The number of amides is 1. The number of benzene rings is 2. The van der Waals surface area contributed by atoms with Crippen LogP contribution in [0.3, 0.4) is 0 Å². The number of nitro groups is 1. The molecule has 0 spiro atoms. The molecule has 0 unspecified atom stereocenters. The Morgan fingerprint density at radius 3 is 2.55 bits per heavy atom. The quantitative estimate of drug-likeness (QED) is 0.367. The van der Waals surface area contributed by atoms with Crippen molar-refractivity contribution < 1.29 is 9.72 Å². The van der Waals surface area contributed by atoms with Gasteiger partial charge in [-0.1, -0.05) is 36.2 Å². The van der Waals surface area contributed by atoms with Gasteiger partial charge in [0.15, 0.2) is 0 Å². The minimum atomic E-state index is -0.563. The van der Waals surface area contributed by atoms with Gasteiger partial charge in [0.2, 0.25) is 5.91 Å². The van der Waals surface area contributed by atoms with Gasteiger partial charge >= 0.3 is 0 Å². The molecule has 2 aromatic carbocycles. The lowest BCUT2D eigenvalue weighted by Gasteiger charge is -2.32. The third kappa shape index (κ3) is 5.49. The summed E-state index contributed by atoms with van der Waals surface area (Å²) < 4.78 is 0. The van der Waals surface area contributed by atoms with E-state index < -0.39 is 4.92 Å². The summed E-state index contributed by atoms with van der Waals surface area (Å²) in [6, 6.07) is 9.81. The second-order valence-corrected chi connectivity index (χ2v) is 7.94. The number of nitrogens with zero attached hydrogens (tertiary/aromatic N) is 2. The van der Waals surface area contributed by atoms with Gasteiger partial charge in [-0.3, -0.25) is 14.9 Å². The maximum absolute atomic E-state index is 12.2. The molecule has 1 aliphatic heterocycles. The zero-order valence-electron chi connectivity index (χ0n) is 15.9. The summed E-state index contributed by atoms with van der Waals surface area (Å²) in [4.78, 5) is 24.8. The van der Waals surface area contributed by atoms with Gasteiger partial charge in [0.05, 0.1) is 15.6 Å². The molecule has 0 atom stereocenters. The Morgan fingerprint density at radius 1 is 1.17 bits per heavy atom. The van der Waals surface area contributed by atoms with Crippen LogP contribution in [0.25, 0.3) is 6.08 Å². The third-order valence-corrected chi connectivity index (χ3v) is 5.56. The Bertz CT molecular complexity index is 954. The summed E-state index contributed by atoms with van der Waals surface area (Å²) in [7, 11) is 0. The molecule has 0 radical (unpaired) electrons. The average molecular weight is 434 g/mol. The lowest BCUT2D eigenvalue weighted by atomic mass is 9.99. The molecule has 152 valence electrons. The van der Waals surface area contributed by atoms with Crippen molar-refractivity contribution in [3.63, 3.8) is 0 Å². The second kappa shape index (κ2) is 9.29. The molecule has 1 fully saturated rings. The highest BCUT2D eigenvalue weighted by molar-refractivity contribution is 6.33. The van der Waals surface area contributed by atoms with E-state index >= 15 is 0 Å². The first-order valence-electron chi connectivity index (χ1n) is 9.31. The summed E-state index contributed by atoms with van der Waals surface area (Å²) >= 11 is 12.2. The molecule has 6 nitrogen and oxygen atoms in total. The van der Waals surface area contributed by atoms with Gasteiger partial charge in [0.25, 0.3) is 5.69 Å². The number of hydrogen-bond donors (Lipinski definition) is 1. The van der Waals surface area contributed by atoms with Crippen LogP contribution in [0.5, 0.6) is 0 Å². The molecule has 1 aliphatic rings. The molecule has 0 aliphatic carbocycles. The van der Waals surface area contributed by atoms with Crippen LogP contribution < -0.4 is 10.2 Å². The fourth-order valence-corrected chi connectivity index (χ4v) is 3.71. The van der Waals surface area contributed by atoms with Crippen molar-refractivity contribution in [2.45, 2.75) is 19.8 Å². The number of carbonyl (C=O) groups is 1. The Kier molecular flexibility index (Phi) is 6.77. The van der Waals surface area contributed by atoms with Gasteiger partial charge in [-0.05, 0) is 54.7 Å². The molecule has 1 heterocycles. The summed E-state index contributed by atoms with van der Waals surface area (Å²) in [5, 5.41) is 14.3. The molecule has 0 aromatic heterocycles. The van der Waals surface area contributed by atoms with Crippen molar-refractivity contribution in [3.8, 4) is 0 Å². The van der Waals surface area contributed by atoms with E-state index in [0.717, 1.165) is 37.5 Å². The van der Waals surface area contributed by atoms with Crippen LogP contribution in [-0.4, -0.2) is 23.9 Å². The van der Waals surface area contributed by atoms with Gasteiger partial charge in [-0.15, -0.1) is 0 Å². The maximum Gasteiger partial charge on any atom is 0.288 e.